The summed E-state index contributed by atoms with van der Waals surface area (Å²) in [6.45, 7) is 5.97. The molecule has 1 aromatic heterocycles. The molecule has 1 aliphatic rings. The number of carbonyl (C=O) groups excluding carboxylic acids is 4. The smallest absolute Gasteiger partial charge is 0.255 e. The molecule has 228 valence electrons. The summed E-state index contributed by atoms with van der Waals surface area (Å²) in [6, 6.07) is 11.0. The molecule has 1 aliphatic heterocycles. The van der Waals surface area contributed by atoms with Crippen LogP contribution in [0.2, 0.25) is 5.02 Å². The minimum Gasteiger partial charge on any atom is -0.493 e. The van der Waals surface area contributed by atoms with Crippen LogP contribution in [0.15, 0.2) is 54.7 Å². The Kier molecular flexibility index (Phi) is 10.7. The standard InChI is InChI=1S/C30H36ClN7O5/c1-18(2)26-30(42)33-19(3)27(39)32-16-22-17-38(37-36-22)12-7-13-43-25-15-21(31)10-11-23(25)28(40)34-24(29(41)35-26)14-20-8-5-4-6-9-20/h4-6,8-11,15,17-19,24,26H,7,12-14,16H2,1-3H3,(H,32,39)(H,33,42)(H,34,40)(H,35,41)/t19-,24-,26+/m1/s1. The SMILES string of the molecule is CC(C)[C@@H]1NC(=O)[C@@H](Cc2ccccc2)NC(=O)c2ccc(Cl)cc2OCCCn2cc(nn2)CNC(=O)[C@@H](C)NC1=O. The van der Waals surface area contributed by atoms with E-state index in [1.54, 1.807) is 49.8 Å². The first-order valence-electron chi connectivity index (χ1n) is 14.2. The van der Waals surface area contributed by atoms with Gasteiger partial charge in [-0.1, -0.05) is 61.0 Å². The van der Waals surface area contributed by atoms with E-state index in [2.05, 4.69) is 31.6 Å². The van der Waals surface area contributed by atoms with Crippen molar-refractivity contribution in [2.45, 2.75) is 64.8 Å². The molecule has 0 saturated heterocycles. The summed E-state index contributed by atoms with van der Waals surface area (Å²) < 4.78 is 7.57. The largest absolute Gasteiger partial charge is 0.493 e. The highest BCUT2D eigenvalue weighted by Gasteiger charge is 2.31. The van der Waals surface area contributed by atoms with E-state index in [1.165, 1.54) is 0 Å². The van der Waals surface area contributed by atoms with Crippen molar-refractivity contribution in [3.05, 3.63) is 76.6 Å². The van der Waals surface area contributed by atoms with Crippen LogP contribution in [0.3, 0.4) is 0 Å². The number of hydrogen-bond donors (Lipinski definition) is 4. The lowest BCUT2D eigenvalue weighted by atomic mass is 10.0. The highest BCUT2D eigenvalue weighted by atomic mass is 35.5. The third-order valence-electron chi connectivity index (χ3n) is 6.91. The maximum atomic E-state index is 13.7. The number of nitrogens with one attached hydrogen (secondary N) is 4. The first-order chi connectivity index (χ1) is 20.6. The zero-order valence-electron chi connectivity index (χ0n) is 24.3. The van der Waals surface area contributed by atoms with Gasteiger partial charge in [0, 0.05) is 24.4 Å². The summed E-state index contributed by atoms with van der Waals surface area (Å²) >= 11 is 6.22. The van der Waals surface area contributed by atoms with Crippen LogP contribution in [-0.4, -0.2) is 63.4 Å². The van der Waals surface area contributed by atoms with E-state index in [0.717, 1.165) is 5.56 Å². The van der Waals surface area contributed by atoms with Crippen molar-refractivity contribution < 1.29 is 23.9 Å². The molecule has 0 saturated carbocycles. The van der Waals surface area contributed by atoms with Crippen molar-refractivity contribution in [1.82, 2.24) is 36.3 Å². The molecule has 0 radical (unpaired) electrons. The fraction of sp³-hybridized carbons (Fsp3) is 0.400. The minimum atomic E-state index is -1.02. The van der Waals surface area contributed by atoms with Crippen LogP contribution in [0.4, 0.5) is 0 Å². The van der Waals surface area contributed by atoms with E-state index < -0.39 is 41.8 Å². The highest BCUT2D eigenvalue weighted by molar-refractivity contribution is 6.30. The lowest BCUT2D eigenvalue weighted by Crippen LogP contribution is -2.58. The summed E-state index contributed by atoms with van der Waals surface area (Å²) in [5.74, 6) is -2.08. The quantitative estimate of drug-likeness (QED) is 0.354. The summed E-state index contributed by atoms with van der Waals surface area (Å²) in [7, 11) is 0. The fourth-order valence-corrected chi connectivity index (χ4v) is 4.69. The van der Waals surface area contributed by atoms with E-state index in [0.29, 0.717) is 23.7 Å². The van der Waals surface area contributed by atoms with Crippen molar-refractivity contribution in [2.75, 3.05) is 6.61 Å². The Morgan fingerprint density at radius 1 is 1.00 bits per heavy atom. The van der Waals surface area contributed by atoms with Crippen LogP contribution in [0, 0.1) is 5.92 Å². The van der Waals surface area contributed by atoms with E-state index in [4.69, 9.17) is 16.3 Å². The molecule has 0 spiro atoms. The van der Waals surface area contributed by atoms with Gasteiger partial charge < -0.3 is 26.0 Å². The molecule has 43 heavy (non-hydrogen) atoms. The summed E-state index contributed by atoms with van der Waals surface area (Å²) in [5.41, 5.74) is 1.57. The molecule has 13 heteroatoms. The van der Waals surface area contributed by atoms with Crippen LogP contribution in [0.25, 0.3) is 0 Å². The number of halogens is 1. The molecular weight excluding hydrogens is 574 g/mol. The average molecular weight is 610 g/mol. The molecule has 3 atom stereocenters. The molecular formula is C30H36ClN7O5. The van der Waals surface area contributed by atoms with Crippen LogP contribution >= 0.6 is 11.6 Å². The van der Waals surface area contributed by atoms with Gasteiger partial charge in [0.1, 0.15) is 29.6 Å². The van der Waals surface area contributed by atoms with Crippen molar-refractivity contribution >= 4 is 35.2 Å². The van der Waals surface area contributed by atoms with Crippen LogP contribution in [0.5, 0.6) is 5.75 Å². The Bertz CT molecular complexity index is 1450. The van der Waals surface area contributed by atoms with Gasteiger partial charge in [-0.2, -0.15) is 0 Å². The second-order valence-electron chi connectivity index (χ2n) is 10.7. The summed E-state index contributed by atoms with van der Waals surface area (Å²) in [4.78, 5) is 53.2. The molecule has 2 aromatic carbocycles. The number of aromatic nitrogens is 3. The van der Waals surface area contributed by atoms with Crippen LogP contribution in [0.1, 0.15) is 48.8 Å². The van der Waals surface area contributed by atoms with Gasteiger partial charge in [0.15, 0.2) is 0 Å². The zero-order chi connectivity index (χ0) is 30.9. The number of hydrogen-bond acceptors (Lipinski definition) is 7. The van der Waals surface area contributed by atoms with Crippen LogP contribution in [-0.2, 0) is 33.9 Å². The topological polar surface area (TPSA) is 156 Å². The van der Waals surface area contributed by atoms with Crippen LogP contribution < -0.4 is 26.0 Å². The number of rotatable bonds is 3. The fourth-order valence-electron chi connectivity index (χ4n) is 4.52. The van der Waals surface area contributed by atoms with E-state index in [-0.39, 0.29) is 36.8 Å². The first kappa shape index (κ1) is 31.5. The lowest BCUT2D eigenvalue weighted by molar-refractivity contribution is -0.133. The van der Waals surface area contributed by atoms with Gasteiger partial charge in [-0.05, 0) is 36.6 Å². The molecule has 0 fully saturated rings. The van der Waals surface area contributed by atoms with E-state index in [9.17, 15) is 19.2 Å². The number of aryl methyl sites for hydroxylation is 1. The number of benzene rings is 2. The van der Waals surface area contributed by atoms with Crippen molar-refractivity contribution in [2.24, 2.45) is 5.92 Å². The molecule has 4 amide bonds. The molecule has 4 rings (SSSR count). The number of ether oxygens (including phenoxy) is 1. The zero-order valence-corrected chi connectivity index (χ0v) is 25.1. The summed E-state index contributed by atoms with van der Waals surface area (Å²) in [5, 5.41) is 19.6. The Morgan fingerprint density at radius 3 is 2.51 bits per heavy atom. The van der Waals surface area contributed by atoms with Gasteiger partial charge in [0.25, 0.3) is 5.91 Å². The number of carbonyl (C=O) groups is 4. The molecule has 2 heterocycles. The Morgan fingerprint density at radius 2 is 1.77 bits per heavy atom. The highest BCUT2D eigenvalue weighted by Crippen LogP contribution is 2.24. The predicted octanol–water partition coefficient (Wildman–Crippen LogP) is 2.02. The van der Waals surface area contributed by atoms with Gasteiger partial charge in [-0.3, -0.25) is 23.9 Å². The maximum absolute atomic E-state index is 13.7. The second-order valence-corrected chi connectivity index (χ2v) is 11.1. The van der Waals surface area contributed by atoms with Gasteiger partial charge in [-0.15, -0.1) is 5.10 Å². The number of amides is 4. The normalized spacial score (nSPS) is 20.9. The molecule has 0 aliphatic carbocycles. The summed E-state index contributed by atoms with van der Waals surface area (Å²) in [6.07, 6.45) is 2.43. The Labute approximate surface area is 254 Å². The molecule has 3 aromatic rings. The van der Waals surface area contributed by atoms with Crippen molar-refractivity contribution in [3.63, 3.8) is 0 Å². The number of fused-ring (bicyclic) bond motifs is 3. The molecule has 2 bridgehead atoms. The van der Waals surface area contributed by atoms with Crippen molar-refractivity contribution in [1.29, 1.82) is 0 Å². The van der Waals surface area contributed by atoms with E-state index >= 15 is 0 Å². The third kappa shape index (κ3) is 8.77. The maximum Gasteiger partial charge on any atom is 0.255 e. The molecule has 12 nitrogen and oxygen atoms in total. The average Bonchev–Trinajstić information content (AvgIpc) is 3.43. The molecule has 4 N–H and O–H groups in total. The first-order valence-corrected chi connectivity index (χ1v) is 14.5. The van der Waals surface area contributed by atoms with Crippen molar-refractivity contribution in [3.8, 4) is 5.75 Å². The van der Waals surface area contributed by atoms with Gasteiger partial charge in [0.05, 0.1) is 24.9 Å². The monoisotopic (exact) mass is 609 g/mol. The second kappa shape index (κ2) is 14.6. The lowest BCUT2D eigenvalue weighted by Gasteiger charge is -2.26. The third-order valence-corrected chi connectivity index (χ3v) is 7.15. The number of nitrogens with zero attached hydrogens (tertiary/aromatic N) is 3. The Hall–Kier alpha value is -4.45. The van der Waals surface area contributed by atoms with E-state index in [1.807, 2.05) is 30.3 Å². The van der Waals surface area contributed by atoms with Gasteiger partial charge >= 0.3 is 0 Å². The minimum absolute atomic E-state index is 0.126. The Balaban J connectivity index is 1.64. The van der Waals surface area contributed by atoms with Gasteiger partial charge in [0.2, 0.25) is 17.7 Å². The molecule has 0 unspecified atom stereocenters. The van der Waals surface area contributed by atoms with Gasteiger partial charge in [-0.25, -0.2) is 0 Å². The predicted molar refractivity (Wildman–Crippen MR) is 159 cm³/mol.